The zero-order valence-electron chi connectivity index (χ0n) is 19.6. The molecule has 4 rings (SSSR count). The summed E-state index contributed by atoms with van der Waals surface area (Å²) in [5, 5.41) is 13.7. The summed E-state index contributed by atoms with van der Waals surface area (Å²) in [5.41, 5.74) is 1.77. The van der Waals surface area contributed by atoms with Crippen LogP contribution in [-0.2, 0) is 7.05 Å². The molecule has 0 spiro atoms. The molecule has 0 aliphatic heterocycles. The van der Waals surface area contributed by atoms with Crippen molar-refractivity contribution >= 4 is 23.4 Å². The Morgan fingerprint density at radius 1 is 0.943 bits per heavy atom. The van der Waals surface area contributed by atoms with E-state index in [2.05, 4.69) is 36.0 Å². The number of benzene rings is 1. The van der Waals surface area contributed by atoms with Gasteiger partial charge in [0.25, 0.3) is 5.91 Å². The van der Waals surface area contributed by atoms with Gasteiger partial charge in [-0.3, -0.25) is 9.48 Å². The van der Waals surface area contributed by atoms with Gasteiger partial charge in [0, 0.05) is 38.0 Å². The van der Waals surface area contributed by atoms with Crippen molar-refractivity contribution in [3.8, 4) is 22.8 Å². The van der Waals surface area contributed by atoms with E-state index in [-0.39, 0.29) is 5.91 Å². The average Bonchev–Trinajstić information content (AvgIpc) is 3.28. The van der Waals surface area contributed by atoms with E-state index < -0.39 is 0 Å². The second kappa shape index (κ2) is 11.0. The van der Waals surface area contributed by atoms with Gasteiger partial charge < -0.3 is 25.4 Å². The molecule has 0 saturated heterocycles. The minimum absolute atomic E-state index is 0.241. The molecule has 3 aromatic heterocycles. The molecule has 0 saturated carbocycles. The van der Waals surface area contributed by atoms with Crippen LogP contribution in [0.3, 0.4) is 0 Å². The van der Waals surface area contributed by atoms with E-state index >= 15 is 0 Å². The Labute approximate surface area is 202 Å². The Balaban J connectivity index is 1.34. The molecule has 4 aromatic rings. The van der Waals surface area contributed by atoms with Gasteiger partial charge in [0.05, 0.1) is 19.9 Å². The SMILES string of the molecule is COc1ccc(OC)c(-c2cc(C(=O)NCCNc3cc(Nc4ccccn4)ncn3)n(C)n2)c1. The number of rotatable bonds is 10. The summed E-state index contributed by atoms with van der Waals surface area (Å²) >= 11 is 0. The highest BCUT2D eigenvalue weighted by Gasteiger charge is 2.17. The lowest BCUT2D eigenvalue weighted by molar-refractivity contribution is 0.0945. The van der Waals surface area contributed by atoms with Crippen LogP contribution >= 0.6 is 0 Å². The van der Waals surface area contributed by atoms with E-state index in [1.807, 2.05) is 24.3 Å². The molecule has 35 heavy (non-hydrogen) atoms. The molecule has 0 atom stereocenters. The standard InChI is InChI=1S/C24H26N8O3/c1-32-19(13-18(31-32)17-12-16(34-2)7-8-20(17)35-3)24(33)27-11-10-26-22-14-23(29-15-28-22)30-21-6-4-5-9-25-21/h4-9,12-15H,10-11H2,1-3H3,(H,27,33)(H2,25,26,28,29,30). The highest BCUT2D eigenvalue weighted by molar-refractivity contribution is 5.94. The minimum atomic E-state index is -0.241. The van der Waals surface area contributed by atoms with E-state index in [4.69, 9.17) is 9.47 Å². The molecule has 0 radical (unpaired) electrons. The van der Waals surface area contributed by atoms with Crippen LogP contribution in [0.2, 0.25) is 0 Å². The summed E-state index contributed by atoms with van der Waals surface area (Å²) in [6.45, 7) is 0.856. The Kier molecular flexibility index (Phi) is 7.36. The number of aromatic nitrogens is 5. The maximum atomic E-state index is 12.8. The molecule has 1 aromatic carbocycles. The molecule has 0 unspecified atom stereocenters. The quantitative estimate of drug-likeness (QED) is 0.297. The van der Waals surface area contributed by atoms with Crippen molar-refractivity contribution in [1.82, 2.24) is 30.0 Å². The van der Waals surface area contributed by atoms with Crippen molar-refractivity contribution in [2.45, 2.75) is 0 Å². The molecule has 11 nitrogen and oxygen atoms in total. The first-order valence-corrected chi connectivity index (χ1v) is 10.9. The van der Waals surface area contributed by atoms with Gasteiger partial charge in [0.1, 0.15) is 41.0 Å². The maximum absolute atomic E-state index is 12.8. The van der Waals surface area contributed by atoms with Crippen molar-refractivity contribution in [2.24, 2.45) is 7.05 Å². The number of hydrogen-bond acceptors (Lipinski definition) is 9. The number of ether oxygens (including phenoxy) is 2. The van der Waals surface area contributed by atoms with Crippen LogP contribution in [0.15, 0.2) is 61.1 Å². The lowest BCUT2D eigenvalue weighted by Crippen LogP contribution is -2.30. The average molecular weight is 475 g/mol. The van der Waals surface area contributed by atoms with Crippen LogP contribution in [0.4, 0.5) is 17.5 Å². The summed E-state index contributed by atoms with van der Waals surface area (Å²) in [6.07, 6.45) is 3.15. The number of carbonyl (C=O) groups excluding carboxylic acids is 1. The largest absolute Gasteiger partial charge is 0.497 e. The highest BCUT2D eigenvalue weighted by Crippen LogP contribution is 2.32. The fourth-order valence-electron chi connectivity index (χ4n) is 3.37. The molecule has 0 bridgehead atoms. The predicted molar refractivity (Wildman–Crippen MR) is 132 cm³/mol. The van der Waals surface area contributed by atoms with E-state index in [0.29, 0.717) is 53.4 Å². The van der Waals surface area contributed by atoms with E-state index in [9.17, 15) is 4.79 Å². The Morgan fingerprint density at radius 3 is 2.57 bits per heavy atom. The molecule has 1 amide bonds. The second-order valence-electron chi connectivity index (χ2n) is 7.42. The highest BCUT2D eigenvalue weighted by atomic mass is 16.5. The molecular formula is C24H26N8O3. The number of pyridine rings is 1. The summed E-state index contributed by atoms with van der Waals surface area (Å²) in [4.78, 5) is 25.4. The normalized spacial score (nSPS) is 10.5. The number of amides is 1. The minimum Gasteiger partial charge on any atom is -0.497 e. The van der Waals surface area contributed by atoms with Gasteiger partial charge >= 0.3 is 0 Å². The molecule has 11 heteroatoms. The first-order valence-electron chi connectivity index (χ1n) is 10.9. The summed E-state index contributed by atoms with van der Waals surface area (Å²) in [7, 11) is 4.90. The molecule has 0 fully saturated rings. The molecule has 180 valence electrons. The van der Waals surface area contributed by atoms with Gasteiger partial charge in [0.2, 0.25) is 0 Å². The smallest absolute Gasteiger partial charge is 0.269 e. The monoisotopic (exact) mass is 474 g/mol. The maximum Gasteiger partial charge on any atom is 0.269 e. The van der Waals surface area contributed by atoms with Gasteiger partial charge in [-0.1, -0.05) is 6.07 Å². The zero-order chi connectivity index (χ0) is 24.6. The van der Waals surface area contributed by atoms with Crippen LogP contribution in [0.5, 0.6) is 11.5 Å². The first-order chi connectivity index (χ1) is 17.1. The number of carbonyl (C=O) groups is 1. The van der Waals surface area contributed by atoms with Gasteiger partial charge in [-0.2, -0.15) is 5.10 Å². The van der Waals surface area contributed by atoms with Crippen LogP contribution in [0, 0.1) is 0 Å². The third kappa shape index (κ3) is 5.82. The number of nitrogens with one attached hydrogen (secondary N) is 3. The van der Waals surface area contributed by atoms with Crippen molar-refractivity contribution in [3.63, 3.8) is 0 Å². The Morgan fingerprint density at radius 2 is 1.80 bits per heavy atom. The van der Waals surface area contributed by atoms with Crippen LogP contribution in [-0.4, -0.2) is 57.9 Å². The zero-order valence-corrected chi connectivity index (χ0v) is 19.6. The molecule has 3 heterocycles. The van der Waals surface area contributed by atoms with Crippen molar-refractivity contribution in [2.75, 3.05) is 37.9 Å². The number of nitrogens with zero attached hydrogens (tertiary/aromatic N) is 5. The molecule has 3 N–H and O–H groups in total. The second-order valence-corrected chi connectivity index (χ2v) is 7.42. The van der Waals surface area contributed by atoms with Crippen molar-refractivity contribution < 1.29 is 14.3 Å². The van der Waals surface area contributed by atoms with Crippen LogP contribution in [0.1, 0.15) is 10.5 Å². The summed E-state index contributed by atoms with van der Waals surface area (Å²) in [5.74, 6) is 3.00. The van der Waals surface area contributed by atoms with Gasteiger partial charge in [0.15, 0.2) is 0 Å². The van der Waals surface area contributed by atoms with Crippen molar-refractivity contribution in [3.05, 3.63) is 66.7 Å². The number of aryl methyl sites for hydroxylation is 1. The third-order valence-corrected chi connectivity index (χ3v) is 5.10. The molecular weight excluding hydrogens is 448 g/mol. The van der Waals surface area contributed by atoms with Gasteiger partial charge in [-0.05, 0) is 36.4 Å². The number of methoxy groups -OCH3 is 2. The molecule has 0 aliphatic carbocycles. The van der Waals surface area contributed by atoms with E-state index in [1.54, 1.807) is 51.7 Å². The van der Waals surface area contributed by atoms with Crippen LogP contribution in [0.25, 0.3) is 11.3 Å². The fraction of sp³-hybridized carbons (Fsp3) is 0.208. The lowest BCUT2D eigenvalue weighted by Gasteiger charge is -2.09. The van der Waals surface area contributed by atoms with E-state index in [1.165, 1.54) is 11.0 Å². The fourth-order valence-corrected chi connectivity index (χ4v) is 3.37. The van der Waals surface area contributed by atoms with Gasteiger partial charge in [-0.15, -0.1) is 0 Å². The van der Waals surface area contributed by atoms with E-state index in [0.717, 1.165) is 5.56 Å². The molecule has 0 aliphatic rings. The Hall–Kier alpha value is -4.67. The van der Waals surface area contributed by atoms with Crippen LogP contribution < -0.4 is 25.4 Å². The number of anilines is 3. The Bertz CT molecular complexity index is 1290. The lowest BCUT2D eigenvalue weighted by atomic mass is 10.1. The van der Waals surface area contributed by atoms with Crippen molar-refractivity contribution in [1.29, 1.82) is 0 Å². The topological polar surface area (TPSA) is 128 Å². The third-order valence-electron chi connectivity index (χ3n) is 5.10. The first kappa shape index (κ1) is 23.5. The number of hydrogen-bond donors (Lipinski definition) is 3. The predicted octanol–water partition coefficient (Wildman–Crippen LogP) is 2.87. The summed E-state index contributed by atoms with van der Waals surface area (Å²) < 4.78 is 12.3. The summed E-state index contributed by atoms with van der Waals surface area (Å²) in [6, 6.07) is 14.5. The van der Waals surface area contributed by atoms with Gasteiger partial charge in [-0.25, -0.2) is 15.0 Å².